The zero-order valence-electron chi connectivity index (χ0n) is 34.7. The van der Waals surface area contributed by atoms with E-state index in [0.717, 1.165) is 25.3 Å². The van der Waals surface area contributed by atoms with Gasteiger partial charge in [-0.1, -0.05) is 44.2 Å². The van der Waals surface area contributed by atoms with E-state index in [4.69, 9.17) is 9.47 Å². The number of hydrogen-bond donors (Lipinski definition) is 6. The molecule has 1 heterocycles. The summed E-state index contributed by atoms with van der Waals surface area (Å²) in [5, 5.41) is 15.3. The molecule has 0 aliphatic rings. The highest BCUT2D eigenvalue weighted by Gasteiger charge is 2.35. The number of nitrogens with one attached hydrogen (secondary N) is 3. The fourth-order valence-electron chi connectivity index (χ4n) is 6.40. The van der Waals surface area contributed by atoms with Gasteiger partial charge in [-0.05, 0) is 51.0 Å². The number of aliphatic hydroxyl groups excluding tert-OH is 1. The molecule has 0 bridgehead atoms. The van der Waals surface area contributed by atoms with Crippen LogP contribution in [0.5, 0.6) is 0 Å². The van der Waals surface area contributed by atoms with Crippen molar-refractivity contribution >= 4 is 42.9 Å². The minimum absolute atomic E-state index is 0.0345. The number of unbranched alkanes of at least 4 members (excludes halogenated alkanes) is 1. The minimum Gasteiger partial charge on any atom is -0.394 e. The van der Waals surface area contributed by atoms with Gasteiger partial charge in [0.05, 0.1) is 69.7 Å². The quantitative estimate of drug-likeness (QED) is 0.0469. The Balaban J connectivity index is 2.21. The van der Waals surface area contributed by atoms with Gasteiger partial charge in [-0.15, -0.1) is 0 Å². The first-order valence-electron chi connectivity index (χ1n) is 19.8. The van der Waals surface area contributed by atoms with E-state index in [1.165, 1.54) is 24.3 Å². The first-order valence-corrected chi connectivity index (χ1v) is 21.3. The number of Topliss-reactive ketones (excluding diaryl/α,β-unsaturated/α-hetero) is 3. The van der Waals surface area contributed by atoms with E-state index in [0.29, 0.717) is 31.9 Å². The minimum atomic E-state index is -5.00. The number of aryl methyl sites for hydroxylation is 1. The number of H-pyrrole nitrogens is 1. The molecule has 0 aliphatic carbocycles. The van der Waals surface area contributed by atoms with Crippen LogP contribution >= 0.6 is 7.82 Å². The molecule has 330 valence electrons. The molecular weight excluding hydrogens is 789 g/mol. The van der Waals surface area contributed by atoms with Crippen molar-refractivity contribution < 1.29 is 62.2 Å². The summed E-state index contributed by atoms with van der Waals surface area (Å²) in [5.74, 6) is -5.99. The first kappa shape index (κ1) is 51.0. The molecule has 6 N–H and O–H groups in total. The number of benzene rings is 1. The number of aliphatic hydroxyl groups is 1. The summed E-state index contributed by atoms with van der Waals surface area (Å²) in [6, 6.07) is 7.34. The van der Waals surface area contributed by atoms with Crippen LogP contribution in [0.2, 0.25) is 0 Å². The van der Waals surface area contributed by atoms with Gasteiger partial charge in [0, 0.05) is 44.8 Å². The number of phosphoric ester groups is 1. The summed E-state index contributed by atoms with van der Waals surface area (Å²) in [7, 11) is -3.46. The molecule has 0 radical (unpaired) electrons. The summed E-state index contributed by atoms with van der Waals surface area (Å²) in [6.07, 6.45) is 2.92. The van der Waals surface area contributed by atoms with E-state index in [2.05, 4.69) is 25.1 Å². The Morgan fingerprint density at radius 2 is 1.63 bits per heavy atom. The normalized spacial score (nSPS) is 14.2. The number of methoxy groups -OCH3 is 1. The van der Waals surface area contributed by atoms with E-state index in [1.807, 2.05) is 44.2 Å². The Bertz CT molecular complexity index is 1650. The van der Waals surface area contributed by atoms with Gasteiger partial charge in [0.25, 0.3) is 0 Å². The van der Waals surface area contributed by atoms with Crippen molar-refractivity contribution in [3.05, 3.63) is 54.1 Å². The van der Waals surface area contributed by atoms with Gasteiger partial charge < -0.3 is 44.9 Å². The van der Waals surface area contributed by atoms with E-state index in [-0.39, 0.29) is 50.7 Å². The van der Waals surface area contributed by atoms with Crippen molar-refractivity contribution in [2.24, 2.45) is 17.8 Å². The average molecular weight is 852 g/mol. The molecular formula is C40H62N5O13P. The summed E-state index contributed by atoms with van der Waals surface area (Å²) in [6.45, 7) is 6.02. The van der Waals surface area contributed by atoms with Gasteiger partial charge in [0.15, 0.2) is 11.6 Å². The fourth-order valence-corrected chi connectivity index (χ4v) is 6.98. The van der Waals surface area contributed by atoms with Crippen molar-refractivity contribution in [2.75, 3.05) is 46.6 Å². The molecule has 2 rings (SSSR count). The maximum absolute atomic E-state index is 14.0. The van der Waals surface area contributed by atoms with Crippen molar-refractivity contribution in [1.82, 2.24) is 25.5 Å². The highest BCUT2D eigenvalue weighted by Crippen LogP contribution is 2.39. The third kappa shape index (κ3) is 20.6. The topological polar surface area (TPSA) is 264 Å². The molecule has 59 heavy (non-hydrogen) atoms. The number of amides is 3. The van der Waals surface area contributed by atoms with Gasteiger partial charge >= 0.3 is 7.82 Å². The van der Waals surface area contributed by atoms with Crippen LogP contribution in [0.15, 0.2) is 42.9 Å². The smallest absolute Gasteiger partial charge is 0.394 e. The van der Waals surface area contributed by atoms with Crippen LogP contribution in [0.1, 0.15) is 77.5 Å². The standard InChI is InChI=1S/C40H62N5O13P/c1-27(2)19-34(43-38(50)24-45(39(51)14-16-57-18-17-56-5)15-10-9-13-30-11-7-6-8-12-30)36(48)21-31(20-32-23-41-26-42-32)40(52)44-35(25-46)37(49)22-33(28(3)47)29(4)58-59(53,54)55/h6-8,11-12,23,26-27,29,31,33-35,46H,9-10,13-22,24-25H2,1-5H3,(H,41,42)(H,43,50)(H,44,52)(H2,53,54,55)/t29-,31-,33-,34+,35+/m1/s1. The van der Waals surface area contributed by atoms with Crippen LogP contribution in [0.4, 0.5) is 0 Å². The number of ether oxygens (including phenoxy) is 2. The van der Waals surface area contributed by atoms with Crippen molar-refractivity contribution in [1.29, 1.82) is 0 Å². The van der Waals surface area contributed by atoms with Crippen LogP contribution in [0, 0.1) is 17.8 Å². The van der Waals surface area contributed by atoms with Gasteiger partial charge in [-0.3, -0.25) is 33.3 Å². The lowest BCUT2D eigenvalue weighted by Crippen LogP contribution is -2.50. The van der Waals surface area contributed by atoms with Crippen molar-refractivity contribution in [3.63, 3.8) is 0 Å². The van der Waals surface area contributed by atoms with E-state index in [1.54, 1.807) is 7.11 Å². The Labute approximate surface area is 345 Å². The Morgan fingerprint density at radius 3 is 2.22 bits per heavy atom. The molecule has 1 aromatic heterocycles. The van der Waals surface area contributed by atoms with Gasteiger partial charge in [-0.25, -0.2) is 9.55 Å². The SMILES string of the molecule is COCCOCCC(=O)N(CCCCc1ccccc1)CC(=O)N[C@@H](CC(C)C)C(=O)C[C@@H](Cc1cnc[nH]1)C(=O)N[C@@H](CO)C(=O)C[C@H](C(C)=O)[C@@H](C)OP(=O)(O)O. The highest BCUT2D eigenvalue weighted by molar-refractivity contribution is 7.46. The average Bonchev–Trinajstić information content (AvgIpc) is 3.68. The Hall–Kier alpha value is -4.16. The number of aromatic nitrogens is 2. The van der Waals surface area contributed by atoms with Gasteiger partial charge in [0.2, 0.25) is 17.7 Å². The van der Waals surface area contributed by atoms with Crippen LogP contribution in [-0.2, 0) is 60.2 Å². The van der Waals surface area contributed by atoms with E-state index < -0.39 is 80.0 Å². The maximum Gasteiger partial charge on any atom is 0.469 e. The predicted octanol–water partition coefficient (Wildman–Crippen LogP) is 2.10. The second kappa shape index (κ2) is 26.8. The number of hydrogen-bond acceptors (Lipinski definition) is 12. The van der Waals surface area contributed by atoms with Crippen LogP contribution < -0.4 is 10.6 Å². The summed E-state index contributed by atoms with van der Waals surface area (Å²) in [4.78, 5) is 107. The van der Waals surface area contributed by atoms with Crippen LogP contribution in [0.3, 0.4) is 0 Å². The second-order valence-electron chi connectivity index (χ2n) is 14.9. The van der Waals surface area contributed by atoms with Crippen LogP contribution in [-0.4, -0.2) is 130 Å². The number of nitrogens with zero attached hydrogens (tertiary/aromatic N) is 2. The number of rotatable bonds is 31. The van der Waals surface area contributed by atoms with Crippen molar-refractivity contribution in [3.8, 4) is 0 Å². The maximum atomic E-state index is 14.0. The van der Waals surface area contributed by atoms with E-state index >= 15 is 0 Å². The lowest BCUT2D eigenvalue weighted by atomic mass is 9.89. The van der Waals surface area contributed by atoms with Gasteiger partial charge in [-0.2, -0.15) is 0 Å². The number of ketones is 3. The molecule has 0 saturated heterocycles. The van der Waals surface area contributed by atoms with Crippen LogP contribution in [0.25, 0.3) is 0 Å². The molecule has 5 atom stereocenters. The zero-order valence-corrected chi connectivity index (χ0v) is 35.6. The molecule has 0 spiro atoms. The summed E-state index contributed by atoms with van der Waals surface area (Å²) >= 11 is 0. The molecule has 0 unspecified atom stereocenters. The molecule has 0 saturated carbocycles. The molecule has 19 heteroatoms. The molecule has 3 amide bonds. The van der Waals surface area contributed by atoms with E-state index in [9.17, 15) is 48.2 Å². The fraction of sp³-hybridized carbons (Fsp3) is 0.625. The number of carbonyl (C=O) groups is 6. The molecule has 0 fully saturated rings. The third-order valence-electron chi connectivity index (χ3n) is 9.54. The number of imidazole rings is 1. The van der Waals surface area contributed by atoms with Crippen molar-refractivity contribution in [2.45, 2.75) is 97.2 Å². The number of carbonyl (C=O) groups excluding carboxylic acids is 6. The number of phosphoric acid groups is 1. The highest BCUT2D eigenvalue weighted by atomic mass is 31.2. The third-order valence-corrected chi connectivity index (χ3v) is 10.1. The van der Waals surface area contributed by atoms with Gasteiger partial charge in [0.1, 0.15) is 11.8 Å². The molecule has 2 aromatic rings. The summed E-state index contributed by atoms with van der Waals surface area (Å²) in [5.41, 5.74) is 1.65. The lowest BCUT2D eigenvalue weighted by Gasteiger charge is -2.26. The monoisotopic (exact) mass is 851 g/mol. The zero-order chi connectivity index (χ0) is 44.0. The predicted molar refractivity (Wildman–Crippen MR) is 215 cm³/mol. The molecule has 18 nitrogen and oxygen atoms in total. The molecule has 0 aliphatic heterocycles. The number of aromatic amines is 1. The summed E-state index contributed by atoms with van der Waals surface area (Å²) < 4.78 is 26.4. The Morgan fingerprint density at radius 1 is 0.932 bits per heavy atom. The lowest BCUT2D eigenvalue weighted by molar-refractivity contribution is -0.138. The first-order chi connectivity index (χ1) is 27.9. The second-order valence-corrected chi connectivity index (χ2v) is 16.1. The largest absolute Gasteiger partial charge is 0.469 e. The Kier molecular flexibility index (Phi) is 23.2. The molecule has 1 aromatic carbocycles.